The van der Waals surface area contributed by atoms with Gasteiger partial charge in [0.25, 0.3) is 0 Å². The number of carbonyl (C=O) groups is 1. The van der Waals surface area contributed by atoms with Crippen molar-refractivity contribution in [1.29, 1.82) is 0 Å². The van der Waals surface area contributed by atoms with E-state index in [0.29, 0.717) is 11.3 Å². The van der Waals surface area contributed by atoms with Crippen LogP contribution in [0.15, 0.2) is 48.5 Å². The summed E-state index contributed by atoms with van der Waals surface area (Å²) in [7, 11) is 0. The molecule has 0 unspecified atom stereocenters. The van der Waals surface area contributed by atoms with Gasteiger partial charge in [-0.2, -0.15) is 0 Å². The summed E-state index contributed by atoms with van der Waals surface area (Å²) in [4.78, 5) is 12.0. The van der Waals surface area contributed by atoms with Gasteiger partial charge >= 0.3 is 5.97 Å². The minimum Gasteiger partial charge on any atom is -0.423 e. The summed E-state index contributed by atoms with van der Waals surface area (Å²) in [5.74, 6) is 2.02. The average molecular weight is 250 g/mol. The third-order valence-electron chi connectivity index (χ3n) is 4.14. The van der Waals surface area contributed by atoms with Crippen molar-refractivity contribution in [3.8, 4) is 5.75 Å². The van der Waals surface area contributed by atoms with E-state index in [0.717, 1.165) is 18.3 Å². The Morgan fingerprint density at radius 2 is 1.95 bits per heavy atom. The number of ether oxygens (including phenoxy) is 1. The highest BCUT2D eigenvalue weighted by Crippen LogP contribution is 2.56. The minimum atomic E-state index is -0.288. The molecule has 2 heteroatoms. The molecule has 0 amide bonds. The van der Waals surface area contributed by atoms with Gasteiger partial charge in [-0.05, 0) is 60.1 Å². The zero-order chi connectivity index (χ0) is 12.8. The van der Waals surface area contributed by atoms with E-state index in [9.17, 15) is 4.79 Å². The first kappa shape index (κ1) is 10.8. The van der Waals surface area contributed by atoms with E-state index < -0.39 is 0 Å². The molecule has 19 heavy (non-hydrogen) atoms. The van der Waals surface area contributed by atoms with Gasteiger partial charge < -0.3 is 4.74 Å². The van der Waals surface area contributed by atoms with Gasteiger partial charge in [0.1, 0.15) is 5.75 Å². The fourth-order valence-corrected chi connectivity index (χ4v) is 3.06. The molecule has 1 saturated carbocycles. The quantitative estimate of drug-likeness (QED) is 0.601. The van der Waals surface area contributed by atoms with Crippen LogP contribution in [0, 0.1) is 5.92 Å². The van der Waals surface area contributed by atoms with Crippen molar-refractivity contribution in [2.24, 2.45) is 5.92 Å². The summed E-state index contributed by atoms with van der Waals surface area (Å²) in [5.41, 5.74) is 3.41. The molecule has 94 valence electrons. The number of carbonyl (C=O) groups excluding carboxylic acids is 1. The number of hydrogen-bond acceptors (Lipinski definition) is 2. The second kappa shape index (κ2) is 3.95. The monoisotopic (exact) mass is 250 g/mol. The van der Waals surface area contributed by atoms with Crippen molar-refractivity contribution >= 4 is 5.97 Å². The maximum atomic E-state index is 12.0. The molecule has 0 N–H and O–H groups in total. The van der Waals surface area contributed by atoms with E-state index in [-0.39, 0.29) is 5.97 Å². The number of benzene rings is 2. The molecule has 2 aromatic rings. The number of fused-ring (bicyclic) bond motifs is 3. The van der Waals surface area contributed by atoms with E-state index in [4.69, 9.17) is 4.74 Å². The third kappa shape index (κ3) is 1.84. The van der Waals surface area contributed by atoms with Crippen LogP contribution in [-0.2, 0) is 6.42 Å². The molecule has 2 aromatic carbocycles. The molecule has 2 aliphatic carbocycles. The maximum absolute atomic E-state index is 12.0. The Balaban J connectivity index is 1.56. The largest absolute Gasteiger partial charge is 0.423 e. The average Bonchev–Trinajstić information content (AvgIpc) is 3.12. The highest BCUT2D eigenvalue weighted by Gasteiger charge is 2.44. The normalized spacial score (nSPS) is 22.5. The zero-order valence-electron chi connectivity index (χ0n) is 10.5. The first-order valence-electron chi connectivity index (χ1n) is 6.71. The van der Waals surface area contributed by atoms with Gasteiger partial charge in [-0.3, -0.25) is 0 Å². The standard InChI is InChI=1S/C17H14O2/c18-17(11-4-2-1-3-5-11)19-14-6-7-15-12(9-14)8-13-10-16(13)15/h1-7,9,13,16H,8,10H2/t13-,16+/m0/s1. The Hall–Kier alpha value is -2.09. The van der Waals surface area contributed by atoms with Crippen LogP contribution >= 0.6 is 0 Å². The van der Waals surface area contributed by atoms with Crippen LogP contribution in [0.2, 0.25) is 0 Å². The molecule has 2 aliphatic rings. The summed E-state index contributed by atoms with van der Waals surface area (Å²) in [5, 5.41) is 0. The van der Waals surface area contributed by atoms with E-state index in [1.54, 1.807) is 12.1 Å². The summed E-state index contributed by atoms with van der Waals surface area (Å²) in [6, 6.07) is 15.2. The molecule has 2 nitrogen and oxygen atoms in total. The van der Waals surface area contributed by atoms with Crippen molar-refractivity contribution < 1.29 is 9.53 Å². The lowest BCUT2D eigenvalue weighted by Crippen LogP contribution is -2.08. The van der Waals surface area contributed by atoms with Crippen LogP contribution in [-0.4, -0.2) is 5.97 Å². The second-order valence-electron chi connectivity index (χ2n) is 5.42. The molecule has 4 rings (SSSR count). The molecule has 0 aliphatic heterocycles. The van der Waals surface area contributed by atoms with Gasteiger partial charge in [-0.25, -0.2) is 4.79 Å². The Bertz CT molecular complexity index is 646. The SMILES string of the molecule is O=C(Oc1ccc2c(c1)C[C@H]1C[C@@H]21)c1ccccc1. The van der Waals surface area contributed by atoms with Gasteiger partial charge in [0.2, 0.25) is 0 Å². The molecule has 0 heterocycles. The fourth-order valence-electron chi connectivity index (χ4n) is 3.06. The van der Waals surface area contributed by atoms with Gasteiger partial charge in [0.15, 0.2) is 0 Å². The first-order chi connectivity index (χ1) is 9.31. The van der Waals surface area contributed by atoms with E-state index in [1.165, 1.54) is 17.5 Å². The molecular weight excluding hydrogens is 236 g/mol. The van der Waals surface area contributed by atoms with Crippen LogP contribution in [0.5, 0.6) is 5.75 Å². The van der Waals surface area contributed by atoms with Crippen molar-refractivity contribution in [2.45, 2.75) is 18.8 Å². The highest BCUT2D eigenvalue weighted by molar-refractivity contribution is 5.91. The molecule has 0 spiro atoms. The second-order valence-corrected chi connectivity index (χ2v) is 5.42. The Kier molecular flexibility index (Phi) is 2.25. The molecule has 0 radical (unpaired) electrons. The molecule has 0 bridgehead atoms. The maximum Gasteiger partial charge on any atom is 0.343 e. The van der Waals surface area contributed by atoms with Gasteiger partial charge in [-0.15, -0.1) is 0 Å². The van der Waals surface area contributed by atoms with Crippen molar-refractivity contribution in [1.82, 2.24) is 0 Å². The number of hydrogen-bond donors (Lipinski definition) is 0. The van der Waals surface area contributed by atoms with E-state index in [2.05, 4.69) is 6.07 Å². The molecule has 0 saturated heterocycles. The summed E-state index contributed by atoms with van der Waals surface area (Å²) in [6.07, 6.45) is 2.49. The van der Waals surface area contributed by atoms with Crippen LogP contribution < -0.4 is 4.74 Å². The molecule has 0 aromatic heterocycles. The minimum absolute atomic E-state index is 0.288. The van der Waals surface area contributed by atoms with Crippen molar-refractivity contribution in [2.75, 3.05) is 0 Å². The Morgan fingerprint density at radius 1 is 1.11 bits per heavy atom. The highest BCUT2D eigenvalue weighted by atomic mass is 16.5. The summed E-state index contributed by atoms with van der Waals surface area (Å²) in [6.45, 7) is 0. The zero-order valence-corrected chi connectivity index (χ0v) is 10.5. The van der Waals surface area contributed by atoms with Gasteiger partial charge in [-0.1, -0.05) is 24.3 Å². The molecular formula is C17H14O2. The predicted octanol–water partition coefficient (Wildman–Crippen LogP) is 3.57. The molecule has 1 fully saturated rings. The Morgan fingerprint density at radius 3 is 2.79 bits per heavy atom. The fraction of sp³-hybridized carbons (Fsp3) is 0.235. The van der Waals surface area contributed by atoms with E-state index in [1.807, 2.05) is 30.3 Å². The van der Waals surface area contributed by atoms with Gasteiger partial charge in [0.05, 0.1) is 5.56 Å². The predicted molar refractivity (Wildman–Crippen MR) is 72.4 cm³/mol. The van der Waals surface area contributed by atoms with Crippen LogP contribution in [0.25, 0.3) is 0 Å². The van der Waals surface area contributed by atoms with Gasteiger partial charge in [0, 0.05) is 0 Å². The third-order valence-corrected chi connectivity index (χ3v) is 4.14. The van der Waals surface area contributed by atoms with Crippen LogP contribution in [0.4, 0.5) is 0 Å². The van der Waals surface area contributed by atoms with Crippen molar-refractivity contribution in [3.63, 3.8) is 0 Å². The van der Waals surface area contributed by atoms with Crippen molar-refractivity contribution in [3.05, 3.63) is 65.2 Å². The summed E-state index contributed by atoms with van der Waals surface area (Å²) >= 11 is 0. The smallest absolute Gasteiger partial charge is 0.343 e. The lowest BCUT2D eigenvalue weighted by Gasteiger charge is -2.08. The molecule has 2 atom stereocenters. The topological polar surface area (TPSA) is 26.3 Å². The van der Waals surface area contributed by atoms with E-state index >= 15 is 0 Å². The lowest BCUT2D eigenvalue weighted by atomic mass is 10.1. The Labute approximate surface area is 112 Å². The van der Waals surface area contributed by atoms with Crippen LogP contribution in [0.1, 0.15) is 33.8 Å². The first-order valence-corrected chi connectivity index (χ1v) is 6.71. The summed E-state index contributed by atoms with van der Waals surface area (Å²) < 4.78 is 5.44. The van der Waals surface area contributed by atoms with Crippen LogP contribution in [0.3, 0.4) is 0 Å². The lowest BCUT2D eigenvalue weighted by molar-refractivity contribution is 0.0734. The number of esters is 1. The number of rotatable bonds is 2.